The molecule has 2 aromatic rings. The van der Waals surface area contributed by atoms with Gasteiger partial charge in [-0.3, -0.25) is 4.79 Å². The zero-order chi connectivity index (χ0) is 13.3. The summed E-state index contributed by atoms with van der Waals surface area (Å²) in [5.41, 5.74) is 1.29. The van der Waals surface area contributed by atoms with Gasteiger partial charge < -0.3 is 9.30 Å². The number of Topliss-reactive ketones (excluding diaryl/α,β-unsaturated/α-hetero) is 1. The van der Waals surface area contributed by atoms with Crippen molar-refractivity contribution < 1.29 is 14.3 Å². The van der Waals surface area contributed by atoms with Crippen LogP contribution in [0.15, 0.2) is 24.4 Å². The third kappa shape index (κ3) is 1.96. The number of rotatable bonds is 2. The molecule has 0 aliphatic rings. The molecule has 90 valence electrons. The lowest BCUT2D eigenvalue weighted by molar-refractivity contribution is -0.145. The molecule has 0 N–H and O–H groups in total. The van der Waals surface area contributed by atoms with Crippen LogP contribution >= 0.6 is 0 Å². The number of benzene rings is 1. The smallest absolute Gasteiger partial charge is 0.379 e. The Balaban J connectivity index is 2.51. The first-order chi connectivity index (χ1) is 8.52. The number of carbonyl (C=O) groups excluding carboxylic acids is 2. The molecule has 1 heterocycles. The molecule has 1 aromatic carbocycles. The van der Waals surface area contributed by atoms with Crippen LogP contribution in [0.25, 0.3) is 10.9 Å². The van der Waals surface area contributed by atoms with Gasteiger partial charge in [-0.1, -0.05) is 0 Å². The molecule has 1 aromatic heterocycles. The number of fused-ring (bicyclic) bond motifs is 1. The summed E-state index contributed by atoms with van der Waals surface area (Å²) >= 11 is 0. The molecule has 0 amide bonds. The normalized spacial score (nSPS) is 10.1. The van der Waals surface area contributed by atoms with Gasteiger partial charge in [-0.25, -0.2) is 4.79 Å². The predicted octanol–water partition coefficient (Wildman–Crippen LogP) is 1.54. The number of hydrogen-bond acceptors (Lipinski definition) is 4. The second-order valence-electron chi connectivity index (χ2n) is 3.89. The van der Waals surface area contributed by atoms with Gasteiger partial charge in [0.1, 0.15) is 0 Å². The summed E-state index contributed by atoms with van der Waals surface area (Å²) in [5, 5.41) is 9.51. The molecule has 0 unspecified atom stereocenters. The van der Waals surface area contributed by atoms with Gasteiger partial charge in [0, 0.05) is 25.6 Å². The van der Waals surface area contributed by atoms with Crippen LogP contribution in [0.3, 0.4) is 0 Å². The number of aryl methyl sites for hydroxylation is 1. The summed E-state index contributed by atoms with van der Waals surface area (Å²) in [6, 6.07) is 7.06. The molecule has 18 heavy (non-hydrogen) atoms. The highest BCUT2D eigenvalue weighted by atomic mass is 16.5. The van der Waals surface area contributed by atoms with E-state index >= 15 is 0 Å². The largest absolute Gasteiger partial charge is 0.419 e. The van der Waals surface area contributed by atoms with Crippen LogP contribution in [0.1, 0.15) is 12.5 Å². The number of esters is 1. The van der Waals surface area contributed by atoms with E-state index < -0.39 is 11.8 Å². The van der Waals surface area contributed by atoms with Crippen molar-refractivity contribution in [2.45, 2.75) is 6.92 Å². The molecule has 0 saturated carbocycles. The highest BCUT2D eigenvalue weighted by Gasteiger charge is 2.15. The third-order valence-corrected chi connectivity index (χ3v) is 2.57. The van der Waals surface area contributed by atoms with Gasteiger partial charge >= 0.3 is 5.97 Å². The van der Waals surface area contributed by atoms with E-state index in [1.807, 2.05) is 6.07 Å². The van der Waals surface area contributed by atoms with E-state index in [0.717, 1.165) is 12.4 Å². The van der Waals surface area contributed by atoms with Gasteiger partial charge in [0.05, 0.1) is 17.1 Å². The van der Waals surface area contributed by atoms with E-state index in [1.54, 1.807) is 36.0 Å². The zero-order valence-electron chi connectivity index (χ0n) is 9.93. The lowest BCUT2D eigenvalue weighted by Gasteiger charge is -1.99. The first-order valence-electron chi connectivity index (χ1n) is 5.25. The first-order valence-corrected chi connectivity index (χ1v) is 5.25. The summed E-state index contributed by atoms with van der Waals surface area (Å²) in [7, 11) is 1.77. The fraction of sp³-hybridized carbons (Fsp3) is 0.154. The fourth-order valence-electron chi connectivity index (χ4n) is 1.67. The fourth-order valence-corrected chi connectivity index (χ4v) is 1.67. The lowest BCUT2D eigenvalue weighted by atomic mass is 10.2. The van der Waals surface area contributed by atoms with Crippen LogP contribution in [-0.2, 0) is 16.6 Å². The van der Waals surface area contributed by atoms with E-state index in [-0.39, 0.29) is 0 Å². The van der Waals surface area contributed by atoms with E-state index in [4.69, 9.17) is 10.00 Å². The Bertz CT molecular complexity index is 692. The Kier molecular flexibility index (Phi) is 2.86. The predicted molar refractivity (Wildman–Crippen MR) is 64.0 cm³/mol. The number of carbonyl (C=O) groups is 2. The summed E-state index contributed by atoms with van der Waals surface area (Å²) in [6.07, 6.45) is 1.60. The Morgan fingerprint density at radius 3 is 2.72 bits per heavy atom. The van der Waals surface area contributed by atoms with Crippen molar-refractivity contribution in [3.8, 4) is 11.8 Å². The number of hydrogen-bond donors (Lipinski definition) is 0. The topological polar surface area (TPSA) is 72.1 Å². The monoisotopic (exact) mass is 242 g/mol. The Morgan fingerprint density at radius 2 is 2.11 bits per heavy atom. The van der Waals surface area contributed by atoms with E-state index in [2.05, 4.69) is 0 Å². The molecule has 0 saturated heterocycles. The van der Waals surface area contributed by atoms with Crippen LogP contribution in [0.2, 0.25) is 0 Å². The van der Waals surface area contributed by atoms with Gasteiger partial charge in [-0.2, -0.15) is 5.26 Å². The van der Waals surface area contributed by atoms with Crippen molar-refractivity contribution in [3.63, 3.8) is 0 Å². The molecule has 0 aliphatic heterocycles. The second-order valence-corrected chi connectivity index (χ2v) is 3.89. The Morgan fingerprint density at radius 1 is 1.39 bits per heavy atom. The second kappa shape index (κ2) is 4.34. The van der Waals surface area contributed by atoms with Crippen molar-refractivity contribution in [3.05, 3.63) is 30.0 Å². The van der Waals surface area contributed by atoms with E-state index in [1.165, 1.54) is 0 Å². The average Bonchev–Trinajstić information content (AvgIpc) is 2.65. The van der Waals surface area contributed by atoms with Gasteiger partial charge in [0.2, 0.25) is 5.78 Å². The van der Waals surface area contributed by atoms with Gasteiger partial charge in [-0.05, 0) is 18.2 Å². The summed E-state index contributed by atoms with van der Waals surface area (Å²) in [4.78, 5) is 22.1. The minimum absolute atomic E-state index is 0.317. The molecule has 0 radical (unpaired) electrons. The first kappa shape index (κ1) is 11.9. The Labute approximate surface area is 103 Å². The molecular weight excluding hydrogens is 232 g/mol. The van der Waals surface area contributed by atoms with Crippen molar-refractivity contribution in [2.24, 2.45) is 7.05 Å². The molecule has 0 spiro atoms. The summed E-state index contributed by atoms with van der Waals surface area (Å²) < 4.78 is 6.73. The molecule has 5 heteroatoms. The highest BCUT2D eigenvalue weighted by Crippen LogP contribution is 2.28. The third-order valence-electron chi connectivity index (χ3n) is 2.57. The average molecular weight is 242 g/mol. The van der Waals surface area contributed by atoms with Crippen LogP contribution < -0.4 is 4.74 Å². The van der Waals surface area contributed by atoms with E-state index in [9.17, 15) is 9.59 Å². The number of nitriles is 1. The quantitative estimate of drug-likeness (QED) is 0.591. The van der Waals surface area contributed by atoms with Crippen molar-refractivity contribution in [2.75, 3.05) is 0 Å². The molecule has 0 aliphatic carbocycles. The van der Waals surface area contributed by atoms with Gasteiger partial charge in [0.25, 0.3) is 0 Å². The summed E-state index contributed by atoms with van der Waals surface area (Å²) in [5.74, 6) is -1.23. The minimum Gasteiger partial charge on any atom is -0.419 e. The Hall–Kier alpha value is -2.61. The van der Waals surface area contributed by atoms with Crippen LogP contribution in [0, 0.1) is 11.3 Å². The molecule has 0 bridgehead atoms. The highest BCUT2D eigenvalue weighted by molar-refractivity contribution is 6.33. The number of aromatic nitrogens is 1. The maximum atomic E-state index is 11.3. The molecule has 0 fully saturated rings. The lowest BCUT2D eigenvalue weighted by Crippen LogP contribution is -2.16. The number of ether oxygens (including phenoxy) is 1. The minimum atomic E-state index is -0.896. The van der Waals surface area contributed by atoms with Crippen molar-refractivity contribution in [1.82, 2.24) is 4.57 Å². The molecule has 2 rings (SSSR count). The molecule has 0 atom stereocenters. The summed E-state index contributed by atoms with van der Waals surface area (Å²) in [6.45, 7) is 1.15. The van der Waals surface area contributed by atoms with Crippen LogP contribution in [0.4, 0.5) is 0 Å². The zero-order valence-corrected chi connectivity index (χ0v) is 9.93. The number of nitrogens with zero attached hydrogens (tertiary/aromatic N) is 2. The standard InChI is InChI=1S/C13H10N2O3/c1-8(16)13(17)18-12-7-15(2)11-5-9(6-14)3-4-10(11)12/h3-5,7H,1-2H3. The van der Waals surface area contributed by atoms with Gasteiger partial charge in [-0.15, -0.1) is 0 Å². The number of ketones is 1. The SMILES string of the molecule is CC(=O)C(=O)Oc1cn(C)c2cc(C#N)ccc12. The van der Waals surface area contributed by atoms with Crippen molar-refractivity contribution in [1.29, 1.82) is 5.26 Å². The van der Waals surface area contributed by atoms with Crippen LogP contribution in [-0.4, -0.2) is 16.3 Å². The van der Waals surface area contributed by atoms with Gasteiger partial charge in [0.15, 0.2) is 5.75 Å². The van der Waals surface area contributed by atoms with Crippen LogP contribution in [0.5, 0.6) is 5.75 Å². The maximum absolute atomic E-state index is 11.3. The molecule has 5 nitrogen and oxygen atoms in total. The molecular formula is C13H10N2O3. The van der Waals surface area contributed by atoms with Crippen molar-refractivity contribution >= 4 is 22.7 Å². The van der Waals surface area contributed by atoms with E-state index in [0.29, 0.717) is 16.7 Å². The maximum Gasteiger partial charge on any atom is 0.379 e.